The van der Waals surface area contributed by atoms with Gasteiger partial charge in [-0.05, 0) is 32.9 Å². The minimum absolute atomic E-state index is 0. The van der Waals surface area contributed by atoms with Gasteiger partial charge in [0.1, 0.15) is 5.60 Å². The third-order valence-electron chi connectivity index (χ3n) is 3.10. The van der Waals surface area contributed by atoms with Crippen LogP contribution in [0.15, 0.2) is 23.1 Å². The molecule has 0 saturated carbocycles. The fraction of sp³-hybridized carbons (Fsp3) is 0.500. The maximum atomic E-state index is 12.0. The summed E-state index contributed by atoms with van der Waals surface area (Å²) in [6.07, 6.45) is 1.06. The summed E-state index contributed by atoms with van der Waals surface area (Å²) in [5.41, 5.74) is -1.58. The summed E-state index contributed by atoms with van der Waals surface area (Å²) in [7, 11) is 0. The Kier molecular flexibility index (Phi) is 5.49. The summed E-state index contributed by atoms with van der Waals surface area (Å²) in [5.74, 6) is -1.50. The van der Waals surface area contributed by atoms with Gasteiger partial charge in [0.15, 0.2) is 0 Å². The number of pyridine rings is 1. The second-order valence-corrected chi connectivity index (χ2v) is 5.96. The average molecular weight is 300 g/mol. The SMILES string of the molecule is CC(C)(C)OC(=O)N1CC(n2cccc(C(=O)[O-])c2=O)C1.[Li+]. The number of nitrogens with zero attached hydrogens (tertiary/aromatic N) is 2. The Labute approximate surface area is 140 Å². The van der Waals surface area contributed by atoms with Crippen molar-refractivity contribution in [2.75, 3.05) is 13.1 Å². The van der Waals surface area contributed by atoms with Crippen molar-refractivity contribution in [1.82, 2.24) is 9.47 Å². The van der Waals surface area contributed by atoms with Crippen LogP contribution < -0.4 is 29.5 Å². The zero-order valence-corrected chi connectivity index (χ0v) is 13.2. The summed E-state index contributed by atoms with van der Waals surface area (Å²) in [5, 5.41) is 10.8. The number of carboxylic acids is 1. The van der Waals surface area contributed by atoms with Crippen molar-refractivity contribution in [2.24, 2.45) is 0 Å². The average Bonchev–Trinajstić information content (AvgIpc) is 2.26. The number of hydrogen-bond acceptors (Lipinski definition) is 5. The van der Waals surface area contributed by atoms with Crippen LogP contribution in [0, 0.1) is 0 Å². The molecule has 0 N–H and O–H groups in total. The minimum atomic E-state index is -1.50. The predicted molar refractivity (Wildman–Crippen MR) is 71.9 cm³/mol. The van der Waals surface area contributed by atoms with Gasteiger partial charge in [0.25, 0.3) is 5.56 Å². The molecule has 0 unspecified atom stereocenters. The van der Waals surface area contributed by atoms with Crippen molar-refractivity contribution in [2.45, 2.75) is 32.4 Å². The van der Waals surface area contributed by atoms with Gasteiger partial charge in [-0.3, -0.25) is 4.79 Å². The fourth-order valence-corrected chi connectivity index (χ4v) is 2.06. The summed E-state index contributed by atoms with van der Waals surface area (Å²) in [4.78, 5) is 36.0. The molecule has 0 radical (unpaired) electrons. The van der Waals surface area contributed by atoms with E-state index in [0.717, 1.165) is 0 Å². The number of aromatic nitrogens is 1. The first-order valence-electron chi connectivity index (χ1n) is 6.59. The molecule has 8 heteroatoms. The number of likely N-dealkylation sites (tertiary alicyclic amines) is 1. The molecule has 2 heterocycles. The first kappa shape index (κ1) is 18.3. The van der Waals surface area contributed by atoms with Crippen molar-refractivity contribution in [1.29, 1.82) is 0 Å². The molecule has 1 amide bonds. The van der Waals surface area contributed by atoms with E-state index < -0.39 is 23.2 Å². The molecule has 1 aromatic rings. The van der Waals surface area contributed by atoms with Crippen molar-refractivity contribution in [3.63, 3.8) is 0 Å². The standard InChI is InChI=1S/C14H18N2O5.Li/c1-14(2,3)21-13(20)15-7-9(8-15)16-6-4-5-10(11(16)17)12(18)19;/h4-6,9H,7-8H2,1-3H3,(H,18,19);/q;+1/p-1. The predicted octanol–water partition coefficient (Wildman–Crippen LogP) is -2.99. The molecule has 114 valence electrons. The molecule has 1 aliphatic rings. The number of hydrogen-bond donors (Lipinski definition) is 0. The van der Waals surface area contributed by atoms with Crippen LogP contribution in [0.3, 0.4) is 0 Å². The van der Waals surface area contributed by atoms with Gasteiger partial charge in [-0.25, -0.2) is 4.79 Å². The number of amides is 1. The second-order valence-electron chi connectivity index (χ2n) is 5.96. The van der Waals surface area contributed by atoms with E-state index in [4.69, 9.17) is 4.74 Å². The largest absolute Gasteiger partial charge is 1.00 e. The molecule has 7 nitrogen and oxygen atoms in total. The zero-order chi connectivity index (χ0) is 15.8. The Bertz CT molecular complexity index is 629. The second kappa shape index (κ2) is 6.59. The first-order valence-corrected chi connectivity index (χ1v) is 6.59. The number of carbonyl (C=O) groups is 2. The van der Waals surface area contributed by atoms with Crippen LogP contribution in [0.2, 0.25) is 0 Å². The third kappa shape index (κ3) is 3.93. The van der Waals surface area contributed by atoms with Crippen molar-refractivity contribution in [3.8, 4) is 0 Å². The molecule has 0 aromatic carbocycles. The number of aromatic carboxylic acids is 1. The Morgan fingerprint density at radius 3 is 2.41 bits per heavy atom. The number of ether oxygens (including phenoxy) is 1. The van der Waals surface area contributed by atoms with Crippen LogP contribution in [0.1, 0.15) is 37.2 Å². The molecule has 1 aromatic heterocycles. The van der Waals surface area contributed by atoms with Crippen molar-refractivity contribution >= 4 is 12.1 Å². The topological polar surface area (TPSA) is 91.7 Å². The maximum Gasteiger partial charge on any atom is 1.00 e. The van der Waals surface area contributed by atoms with Gasteiger partial charge in [0.2, 0.25) is 0 Å². The summed E-state index contributed by atoms with van der Waals surface area (Å²) < 4.78 is 6.53. The Morgan fingerprint density at radius 1 is 1.32 bits per heavy atom. The molecule has 0 atom stereocenters. The van der Waals surface area contributed by atoms with Gasteiger partial charge in [0, 0.05) is 19.3 Å². The van der Waals surface area contributed by atoms with Gasteiger partial charge >= 0.3 is 25.0 Å². The van der Waals surface area contributed by atoms with Crippen LogP contribution in [0.25, 0.3) is 0 Å². The van der Waals surface area contributed by atoms with E-state index >= 15 is 0 Å². The van der Waals surface area contributed by atoms with Gasteiger partial charge in [-0.1, -0.05) is 0 Å². The van der Waals surface area contributed by atoms with E-state index in [0.29, 0.717) is 13.1 Å². The Hall–Kier alpha value is -1.71. The van der Waals surface area contributed by atoms with Crippen molar-refractivity contribution in [3.05, 3.63) is 34.2 Å². The molecular weight excluding hydrogens is 283 g/mol. The quantitative estimate of drug-likeness (QED) is 0.543. The molecule has 0 spiro atoms. The van der Waals surface area contributed by atoms with E-state index in [2.05, 4.69) is 0 Å². The zero-order valence-electron chi connectivity index (χ0n) is 13.2. The maximum absolute atomic E-state index is 12.0. The van der Waals surface area contributed by atoms with Crippen LogP contribution in [-0.2, 0) is 4.74 Å². The van der Waals surface area contributed by atoms with E-state index in [-0.39, 0.29) is 30.5 Å². The van der Waals surface area contributed by atoms with E-state index in [1.165, 1.54) is 27.8 Å². The minimum Gasteiger partial charge on any atom is -0.545 e. The number of carboxylic acid groups (broad SMARTS) is 1. The molecule has 1 aliphatic heterocycles. The van der Waals surface area contributed by atoms with Gasteiger partial charge in [0.05, 0.1) is 17.6 Å². The fourth-order valence-electron chi connectivity index (χ4n) is 2.06. The first-order chi connectivity index (χ1) is 9.69. The van der Waals surface area contributed by atoms with Gasteiger partial charge in [-0.2, -0.15) is 0 Å². The van der Waals surface area contributed by atoms with Crippen molar-refractivity contribution < 1.29 is 38.3 Å². The molecule has 1 saturated heterocycles. The monoisotopic (exact) mass is 300 g/mol. The van der Waals surface area contributed by atoms with Gasteiger partial charge < -0.3 is 24.1 Å². The molecule has 0 bridgehead atoms. The Morgan fingerprint density at radius 2 is 1.91 bits per heavy atom. The van der Waals surface area contributed by atoms with Crippen LogP contribution in [0.4, 0.5) is 4.79 Å². The third-order valence-corrected chi connectivity index (χ3v) is 3.10. The summed E-state index contributed by atoms with van der Waals surface area (Å²) >= 11 is 0. The molecule has 0 aliphatic carbocycles. The normalized spacial score (nSPS) is 14.8. The van der Waals surface area contributed by atoms with E-state index in [1.54, 1.807) is 20.8 Å². The van der Waals surface area contributed by atoms with Gasteiger partial charge in [-0.15, -0.1) is 0 Å². The van der Waals surface area contributed by atoms with E-state index in [1.807, 2.05) is 0 Å². The smallest absolute Gasteiger partial charge is 0.545 e. The molecule has 1 fully saturated rings. The van der Waals surface area contributed by atoms with Crippen LogP contribution in [-0.4, -0.2) is 40.2 Å². The molecule has 22 heavy (non-hydrogen) atoms. The van der Waals surface area contributed by atoms with E-state index in [9.17, 15) is 19.5 Å². The van der Waals surface area contributed by atoms with Crippen LogP contribution in [0.5, 0.6) is 0 Å². The summed E-state index contributed by atoms with van der Waals surface area (Å²) in [6.45, 7) is 5.94. The summed E-state index contributed by atoms with van der Waals surface area (Å²) in [6, 6.07) is 2.44. The molecular formula is C14H17LiN2O5. The van der Waals surface area contributed by atoms with Crippen LogP contribution >= 0.6 is 0 Å². The number of rotatable bonds is 2. The molecule has 2 rings (SSSR count). The Balaban J connectivity index is 0.00000242. The number of carbonyl (C=O) groups excluding carboxylic acids is 2.